The van der Waals surface area contributed by atoms with E-state index < -0.39 is 5.60 Å². The molecule has 1 aromatic carbocycles. The molecule has 0 atom stereocenters. The molecule has 0 bridgehead atoms. The van der Waals surface area contributed by atoms with E-state index in [0.29, 0.717) is 36.0 Å². The molecule has 10 heteroatoms. The fourth-order valence-corrected chi connectivity index (χ4v) is 4.90. The first-order valence-corrected chi connectivity index (χ1v) is 13.5. The van der Waals surface area contributed by atoms with E-state index in [9.17, 15) is 5.11 Å². The predicted octanol–water partition coefficient (Wildman–Crippen LogP) is 3.99. The highest BCUT2D eigenvalue weighted by molar-refractivity contribution is 5.56. The first-order valence-electron chi connectivity index (χ1n) is 13.5. The van der Waals surface area contributed by atoms with Crippen molar-refractivity contribution in [3.05, 3.63) is 59.0 Å². The minimum atomic E-state index is -1.01. The number of nitrogens with one attached hydrogen (secondary N) is 3. The predicted molar refractivity (Wildman–Crippen MR) is 150 cm³/mol. The summed E-state index contributed by atoms with van der Waals surface area (Å²) in [5, 5.41) is 30.1. The number of fused-ring (bicyclic) bond motifs is 1. The Morgan fingerprint density at radius 1 is 1.13 bits per heavy atom. The van der Waals surface area contributed by atoms with Crippen LogP contribution < -0.4 is 16.0 Å². The van der Waals surface area contributed by atoms with Crippen LogP contribution in [0.1, 0.15) is 68.8 Å². The van der Waals surface area contributed by atoms with Crippen molar-refractivity contribution in [1.29, 1.82) is 0 Å². The van der Waals surface area contributed by atoms with Crippen molar-refractivity contribution in [2.24, 2.45) is 5.92 Å². The molecule has 0 amide bonds. The van der Waals surface area contributed by atoms with Crippen LogP contribution in [0.15, 0.2) is 36.7 Å². The summed E-state index contributed by atoms with van der Waals surface area (Å²) in [4.78, 5) is 9.69. The van der Waals surface area contributed by atoms with Gasteiger partial charge in [-0.05, 0) is 81.8 Å². The number of hydrogen-bond donors (Lipinski definition) is 4. The van der Waals surface area contributed by atoms with E-state index in [1.165, 1.54) is 0 Å². The number of benzene rings is 1. The van der Waals surface area contributed by atoms with Gasteiger partial charge in [0.25, 0.3) is 0 Å². The lowest BCUT2D eigenvalue weighted by Crippen LogP contribution is -2.31. The van der Waals surface area contributed by atoms with Crippen LogP contribution in [0, 0.1) is 12.8 Å². The summed E-state index contributed by atoms with van der Waals surface area (Å²) < 4.78 is 3.62. The zero-order valence-corrected chi connectivity index (χ0v) is 23.0. The van der Waals surface area contributed by atoms with Crippen molar-refractivity contribution in [2.75, 3.05) is 30.3 Å². The van der Waals surface area contributed by atoms with Crippen molar-refractivity contribution >= 4 is 17.5 Å². The summed E-state index contributed by atoms with van der Waals surface area (Å²) in [6, 6.07) is 8.00. The molecular formula is C28H39N9O. The molecule has 1 fully saturated rings. The number of aromatic nitrogens is 6. The Labute approximate surface area is 223 Å². The van der Waals surface area contributed by atoms with Crippen molar-refractivity contribution in [2.45, 2.75) is 65.5 Å². The highest BCUT2D eigenvalue weighted by Gasteiger charge is 2.21. The Morgan fingerprint density at radius 2 is 1.92 bits per heavy atom. The van der Waals surface area contributed by atoms with E-state index in [2.05, 4.69) is 53.0 Å². The van der Waals surface area contributed by atoms with Gasteiger partial charge in [-0.1, -0.05) is 26.0 Å². The summed E-state index contributed by atoms with van der Waals surface area (Å²) in [6.07, 6.45) is 6.09. The molecule has 0 unspecified atom stereocenters. The molecule has 10 nitrogen and oxygen atoms in total. The number of aryl methyl sites for hydroxylation is 1. The average molecular weight is 518 g/mol. The largest absolute Gasteiger partial charge is 0.384 e. The van der Waals surface area contributed by atoms with Crippen LogP contribution in [0.4, 0.5) is 11.9 Å². The molecule has 0 aliphatic carbocycles. The van der Waals surface area contributed by atoms with Gasteiger partial charge in [-0.15, -0.1) is 0 Å². The van der Waals surface area contributed by atoms with Crippen LogP contribution in [0.5, 0.6) is 0 Å². The highest BCUT2D eigenvalue weighted by Crippen LogP contribution is 2.25. The number of hydrogen-bond acceptors (Lipinski definition) is 8. The lowest BCUT2D eigenvalue weighted by Gasteiger charge is -2.23. The van der Waals surface area contributed by atoms with Crippen LogP contribution in [0.3, 0.4) is 0 Å². The third-order valence-electron chi connectivity index (χ3n) is 7.30. The minimum Gasteiger partial charge on any atom is -0.384 e. The van der Waals surface area contributed by atoms with Gasteiger partial charge in [0, 0.05) is 24.8 Å². The van der Waals surface area contributed by atoms with Gasteiger partial charge < -0.3 is 21.1 Å². The maximum atomic E-state index is 10.4. The van der Waals surface area contributed by atoms with Crippen LogP contribution in [0.2, 0.25) is 0 Å². The van der Waals surface area contributed by atoms with Gasteiger partial charge in [-0.25, -0.2) is 4.68 Å². The zero-order valence-electron chi connectivity index (χ0n) is 23.0. The van der Waals surface area contributed by atoms with Gasteiger partial charge >= 0.3 is 0 Å². The molecule has 4 aromatic rings. The lowest BCUT2D eigenvalue weighted by atomic mass is 9.98. The monoisotopic (exact) mass is 517 g/mol. The van der Waals surface area contributed by atoms with Gasteiger partial charge in [0.05, 0.1) is 17.6 Å². The van der Waals surface area contributed by atoms with Crippen LogP contribution in [0.25, 0.3) is 11.3 Å². The number of piperidine rings is 1. The zero-order chi connectivity index (χ0) is 26.9. The van der Waals surface area contributed by atoms with Crippen LogP contribution in [-0.4, -0.2) is 54.1 Å². The van der Waals surface area contributed by atoms with E-state index in [1.807, 2.05) is 35.3 Å². The Hall–Kier alpha value is -3.50. The van der Waals surface area contributed by atoms with Gasteiger partial charge in [-0.3, -0.25) is 0 Å². The fourth-order valence-electron chi connectivity index (χ4n) is 4.90. The molecule has 3 aromatic heterocycles. The Kier molecular flexibility index (Phi) is 7.36. The molecule has 4 heterocycles. The highest BCUT2D eigenvalue weighted by atomic mass is 16.3. The Morgan fingerprint density at radius 3 is 2.63 bits per heavy atom. The third-order valence-corrected chi connectivity index (χ3v) is 7.30. The molecule has 1 aliphatic heterocycles. The second-order valence-electron chi connectivity index (χ2n) is 11.1. The minimum absolute atomic E-state index is 0.292. The summed E-state index contributed by atoms with van der Waals surface area (Å²) >= 11 is 0. The number of nitrogens with zero attached hydrogens (tertiary/aromatic N) is 6. The third kappa shape index (κ3) is 5.51. The number of aliphatic hydroxyl groups is 1. The lowest BCUT2D eigenvalue weighted by molar-refractivity contribution is 0.0734. The van der Waals surface area contributed by atoms with E-state index >= 15 is 0 Å². The molecule has 0 saturated carbocycles. The van der Waals surface area contributed by atoms with E-state index in [1.54, 1.807) is 18.4 Å². The molecular weight excluding hydrogens is 478 g/mol. The van der Waals surface area contributed by atoms with Crippen molar-refractivity contribution < 1.29 is 5.11 Å². The van der Waals surface area contributed by atoms with E-state index in [-0.39, 0.29) is 0 Å². The number of anilines is 2. The van der Waals surface area contributed by atoms with Crippen molar-refractivity contribution in [1.82, 2.24) is 34.7 Å². The molecule has 0 spiro atoms. The number of rotatable bonds is 9. The van der Waals surface area contributed by atoms with Gasteiger partial charge in [0.15, 0.2) is 5.65 Å². The van der Waals surface area contributed by atoms with E-state index in [4.69, 9.17) is 9.97 Å². The standard InChI is InChI=1S/C28H39N9O/c1-18(2)21-17-32-37-25(21)33-26(30-15-20-9-12-29-13-10-20)34-27(37)31-16-22-19(3)7-6-8-23(22)36-14-11-24(35-36)28(4,5)38/h6-8,11,14,17-18,20,29,38H,9-10,12-13,15-16H2,1-5H3,(H2,30,31,33,34). The summed E-state index contributed by atoms with van der Waals surface area (Å²) in [5.41, 5.74) is 4.69. The normalized spacial score (nSPS) is 14.9. The fraction of sp³-hybridized carbons (Fsp3) is 0.500. The maximum Gasteiger partial charge on any atom is 0.229 e. The smallest absolute Gasteiger partial charge is 0.229 e. The maximum absolute atomic E-state index is 10.4. The molecule has 1 aliphatic rings. The van der Waals surface area contributed by atoms with Crippen LogP contribution >= 0.6 is 0 Å². The second kappa shape index (κ2) is 10.7. The molecule has 1 saturated heterocycles. The summed E-state index contributed by atoms with van der Waals surface area (Å²) in [5.74, 6) is 2.16. The second-order valence-corrected chi connectivity index (χ2v) is 11.1. The topological polar surface area (TPSA) is 117 Å². The quantitative estimate of drug-likeness (QED) is 0.263. The molecule has 0 radical (unpaired) electrons. The summed E-state index contributed by atoms with van der Waals surface area (Å²) in [7, 11) is 0. The first kappa shape index (κ1) is 26.1. The molecule has 5 rings (SSSR count). The van der Waals surface area contributed by atoms with Gasteiger partial charge in [-0.2, -0.15) is 24.7 Å². The Balaban J connectivity index is 1.44. The van der Waals surface area contributed by atoms with E-state index in [0.717, 1.165) is 60.5 Å². The van der Waals surface area contributed by atoms with Crippen molar-refractivity contribution in [3.63, 3.8) is 0 Å². The Bertz CT molecular complexity index is 1390. The van der Waals surface area contributed by atoms with Gasteiger partial charge in [0.2, 0.25) is 11.9 Å². The summed E-state index contributed by atoms with van der Waals surface area (Å²) in [6.45, 7) is 13.4. The molecule has 202 valence electrons. The molecule has 38 heavy (non-hydrogen) atoms. The van der Waals surface area contributed by atoms with Crippen molar-refractivity contribution in [3.8, 4) is 5.69 Å². The SMILES string of the molecule is Cc1cccc(-n2ccc(C(C)(C)O)n2)c1CNc1nc(NCC2CCNCC2)nc2c(C(C)C)cnn12. The van der Waals surface area contributed by atoms with Crippen LogP contribution in [-0.2, 0) is 12.1 Å². The molecule has 4 N–H and O–H groups in total. The average Bonchev–Trinajstić information content (AvgIpc) is 3.55. The first-order chi connectivity index (χ1) is 18.2. The van der Waals surface area contributed by atoms with Gasteiger partial charge in [0.1, 0.15) is 5.60 Å².